The van der Waals surface area contributed by atoms with Crippen LogP contribution in [0.4, 0.5) is 0 Å². The van der Waals surface area contributed by atoms with Crippen molar-refractivity contribution in [2.24, 2.45) is 0 Å². The maximum Gasteiger partial charge on any atom is 0.165 e. The molecule has 0 bridgehead atoms. The summed E-state index contributed by atoms with van der Waals surface area (Å²) in [7, 11) is 0. The molecule has 0 radical (unpaired) electrons. The van der Waals surface area contributed by atoms with Crippen LogP contribution in [-0.4, -0.2) is 15.0 Å². The second-order valence-electron chi connectivity index (χ2n) is 16.5. The summed E-state index contributed by atoms with van der Waals surface area (Å²) >= 11 is 1.79. The first-order chi connectivity index (χ1) is 31.1. The number of fused-ring (bicyclic) bond motifs is 6. The van der Waals surface area contributed by atoms with Gasteiger partial charge >= 0.3 is 0 Å². The lowest BCUT2D eigenvalue weighted by atomic mass is 9.74. The van der Waals surface area contributed by atoms with Gasteiger partial charge in [0.2, 0.25) is 0 Å². The van der Waals surface area contributed by atoms with Crippen LogP contribution in [-0.2, 0) is 5.41 Å². The molecule has 1 aliphatic rings. The molecular formula is C59H39N3S. The Morgan fingerprint density at radius 2 is 0.841 bits per heavy atom. The Labute approximate surface area is 370 Å². The number of rotatable bonds is 7. The molecule has 296 valence electrons. The number of aromatic nitrogens is 3. The highest BCUT2D eigenvalue weighted by molar-refractivity contribution is 7.26. The third-order valence-corrected chi connectivity index (χ3v) is 14.1. The van der Waals surface area contributed by atoms with Crippen molar-refractivity contribution >= 4 is 31.5 Å². The number of thiophene rings is 1. The molecule has 4 heteroatoms. The largest absolute Gasteiger partial charge is 0.208 e. The number of hydrogen-bond donors (Lipinski definition) is 0. The molecule has 1 aliphatic carbocycles. The van der Waals surface area contributed by atoms with Gasteiger partial charge in [-0.25, -0.2) is 15.0 Å². The Bertz CT molecular complexity index is 3540. The fraction of sp³-hybridized carbons (Fsp3) is 0.0339. The topological polar surface area (TPSA) is 38.7 Å². The Morgan fingerprint density at radius 1 is 0.333 bits per heavy atom. The van der Waals surface area contributed by atoms with Gasteiger partial charge < -0.3 is 0 Å². The molecule has 11 aromatic rings. The van der Waals surface area contributed by atoms with Gasteiger partial charge in [-0.05, 0) is 98.5 Å². The molecule has 0 amide bonds. The van der Waals surface area contributed by atoms with E-state index in [1.54, 1.807) is 11.3 Å². The monoisotopic (exact) mass is 821 g/mol. The normalized spacial score (nSPS) is 14.2. The van der Waals surface area contributed by atoms with Gasteiger partial charge in [0.1, 0.15) is 0 Å². The zero-order chi connectivity index (χ0) is 41.9. The minimum absolute atomic E-state index is 0.262. The molecule has 1 unspecified atom stereocenters. The summed E-state index contributed by atoms with van der Waals surface area (Å²) in [6, 6.07) is 78.3. The van der Waals surface area contributed by atoms with Crippen LogP contribution in [0, 0.1) is 0 Å². The zero-order valence-corrected chi connectivity index (χ0v) is 35.4. The molecule has 0 saturated carbocycles. The number of hydrogen-bond acceptors (Lipinski definition) is 4. The van der Waals surface area contributed by atoms with E-state index in [1.165, 1.54) is 59.1 Å². The van der Waals surface area contributed by atoms with Crippen molar-refractivity contribution in [2.75, 3.05) is 0 Å². The standard InChI is InChI=1S/C59H39N3S/c1-59(44-23-6-3-7-24-44)52-31-12-10-26-46(52)47-34-33-42(37-53(47)59)40-20-14-19-39(35-40)41-21-15-22-43(36-41)56-60-57(50-28-9-8-25-45(50)38-17-4-2-5-18-38)62-58(61-56)51-30-16-29-49-48-27-11-13-32-54(48)63-55(49)51/h2-37H,1H3. The van der Waals surface area contributed by atoms with Gasteiger partial charge in [-0.2, -0.15) is 0 Å². The van der Waals surface area contributed by atoms with Crippen molar-refractivity contribution in [3.63, 3.8) is 0 Å². The van der Waals surface area contributed by atoms with Crippen LogP contribution in [0.3, 0.4) is 0 Å². The average Bonchev–Trinajstić information content (AvgIpc) is 3.87. The minimum atomic E-state index is -0.262. The Balaban J connectivity index is 0.978. The predicted octanol–water partition coefficient (Wildman–Crippen LogP) is 15.6. The van der Waals surface area contributed by atoms with Crippen molar-refractivity contribution in [3.05, 3.63) is 235 Å². The molecule has 9 aromatic carbocycles. The van der Waals surface area contributed by atoms with Crippen LogP contribution >= 0.6 is 11.3 Å². The molecule has 0 N–H and O–H groups in total. The maximum atomic E-state index is 5.30. The highest BCUT2D eigenvalue weighted by Crippen LogP contribution is 2.53. The van der Waals surface area contributed by atoms with Gasteiger partial charge in [0.05, 0.1) is 0 Å². The van der Waals surface area contributed by atoms with Gasteiger partial charge in [0, 0.05) is 42.3 Å². The molecule has 2 heterocycles. The van der Waals surface area contributed by atoms with E-state index in [0.717, 1.165) is 38.9 Å². The van der Waals surface area contributed by atoms with E-state index in [9.17, 15) is 0 Å². The van der Waals surface area contributed by atoms with E-state index in [4.69, 9.17) is 15.0 Å². The van der Waals surface area contributed by atoms with E-state index >= 15 is 0 Å². The van der Waals surface area contributed by atoms with Gasteiger partial charge in [-0.3, -0.25) is 0 Å². The van der Waals surface area contributed by atoms with Gasteiger partial charge in [-0.15, -0.1) is 11.3 Å². The van der Waals surface area contributed by atoms with Gasteiger partial charge in [0.15, 0.2) is 17.5 Å². The minimum Gasteiger partial charge on any atom is -0.208 e. The Morgan fingerprint density at radius 3 is 1.62 bits per heavy atom. The second-order valence-corrected chi connectivity index (χ2v) is 17.5. The van der Waals surface area contributed by atoms with Crippen molar-refractivity contribution in [2.45, 2.75) is 12.3 Å². The van der Waals surface area contributed by atoms with Crippen LogP contribution in [0.25, 0.3) is 98.8 Å². The first-order valence-electron chi connectivity index (χ1n) is 21.4. The van der Waals surface area contributed by atoms with Crippen molar-refractivity contribution in [1.29, 1.82) is 0 Å². The molecule has 63 heavy (non-hydrogen) atoms. The summed E-state index contributed by atoms with van der Waals surface area (Å²) in [4.78, 5) is 15.9. The SMILES string of the molecule is CC1(c2ccccc2)c2ccccc2-c2ccc(-c3cccc(-c4cccc(-c5nc(-c6ccccc6-c6ccccc6)nc(-c6cccc7c6sc6ccccc67)n5)c4)c3)cc21. The fourth-order valence-electron chi connectivity index (χ4n) is 9.69. The summed E-state index contributed by atoms with van der Waals surface area (Å²) in [5.41, 5.74) is 16.0. The lowest BCUT2D eigenvalue weighted by Gasteiger charge is -2.28. The molecule has 2 aromatic heterocycles. The Hall–Kier alpha value is -7.79. The van der Waals surface area contributed by atoms with Crippen LogP contribution in [0.15, 0.2) is 218 Å². The van der Waals surface area contributed by atoms with Crippen LogP contribution in [0.2, 0.25) is 0 Å². The molecule has 0 fully saturated rings. The van der Waals surface area contributed by atoms with Gasteiger partial charge in [-0.1, -0.05) is 188 Å². The van der Waals surface area contributed by atoms with E-state index in [1.807, 2.05) is 6.07 Å². The van der Waals surface area contributed by atoms with Gasteiger partial charge in [0.25, 0.3) is 0 Å². The predicted molar refractivity (Wildman–Crippen MR) is 263 cm³/mol. The lowest BCUT2D eigenvalue weighted by molar-refractivity contribution is 0.714. The molecule has 12 rings (SSSR count). The highest BCUT2D eigenvalue weighted by Gasteiger charge is 2.40. The molecule has 0 spiro atoms. The maximum absolute atomic E-state index is 5.30. The quantitative estimate of drug-likeness (QED) is 0.161. The first-order valence-corrected chi connectivity index (χ1v) is 22.2. The average molecular weight is 822 g/mol. The smallest absolute Gasteiger partial charge is 0.165 e. The van der Waals surface area contributed by atoms with E-state index < -0.39 is 0 Å². The highest BCUT2D eigenvalue weighted by atomic mass is 32.1. The number of nitrogens with zero attached hydrogens (tertiary/aromatic N) is 3. The summed E-state index contributed by atoms with van der Waals surface area (Å²) in [5.74, 6) is 1.93. The third kappa shape index (κ3) is 6.21. The fourth-order valence-corrected chi connectivity index (χ4v) is 10.9. The van der Waals surface area contributed by atoms with E-state index in [2.05, 4.69) is 219 Å². The summed E-state index contributed by atoms with van der Waals surface area (Å²) in [6.07, 6.45) is 0. The van der Waals surface area contributed by atoms with Crippen LogP contribution < -0.4 is 0 Å². The Kier molecular flexibility index (Phi) is 8.80. The summed E-state index contributed by atoms with van der Waals surface area (Å²) in [6.45, 7) is 2.37. The zero-order valence-electron chi connectivity index (χ0n) is 34.5. The first kappa shape index (κ1) is 37.0. The molecule has 1 atom stereocenters. The molecular weight excluding hydrogens is 783 g/mol. The molecule has 0 aliphatic heterocycles. The number of benzene rings is 9. The second kappa shape index (κ2) is 15.0. The van der Waals surface area contributed by atoms with E-state index in [0.29, 0.717) is 17.5 Å². The third-order valence-electron chi connectivity index (χ3n) is 12.8. The molecule has 3 nitrogen and oxygen atoms in total. The van der Waals surface area contributed by atoms with Crippen molar-refractivity contribution in [1.82, 2.24) is 15.0 Å². The lowest BCUT2D eigenvalue weighted by Crippen LogP contribution is -2.22. The van der Waals surface area contributed by atoms with Crippen LogP contribution in [0.1, 0.15) is 23.6 Å². The van der Waals surface area contributed by atoms with E-state index in [-0.39, 0.29) is 5.41 Å². The molecule has 0 saturated heterocycles. The summed E-state index contributed by atoms with van der Waals surface area (Å²) < 4.78 is 2.41. The summed E-state index contributed by atoms with van der Waals surface area (Å²) in [5, 5.41) is 2.45. The van der Waals surface area contributed by atoms with Crippen LogP contribution in [0.5, 0.6) is 0 Å². The van der Waals surface area contributed by atoms with Crippen molar-refractivity contribution in [3.8, 4) is 78.7 Å². The van der Waals surface area contributed by atoms with Crippen molar-refractivity contribution < 1.29 is 0 Å².